The standard InChI is InChI=1S/C25H34O4/c1-19(7-4-8-20(2)10-6-12-22-13-14-28-18-22)9-5-11-21(3)15-24-16-23(17-26)25(27)29-24/h7,10,13-16,18,21,26H,4-6,8-9,11-12,17H2,1-3H3/b19-7+,20-10+,24-15-. The van der Waals surface area contributed by atoms with E-state index in [-0.39, 0.29) is 6.61 Å². The molecule has 2 rings (SSSR count). The number of carbonyl (C=O) groups is 1. The average Bonchev–Trinajstić information content (AvgIpc) is 3.31. The lowest BCUT2D eigenvalue weighted by atomic mass is 9.99. The minimum Gasteiger partial charge on any atom is -0.472 e. The second kappa shape index (κ2) is 12.3. The molecule has 2 heterocycles. The summed E-state index contributed by atoms with van der Waals surface area (Å²) in [5.41, 5.74) is 4.46. The molecule has 4 nitrogen and oxygen atoms in total. The fourth-order valence-electron chi connectivity index (χ4n) is 3.36. The van der Waals surface area contributed by atoms with Gasteiger partial charge in [0.2, 0.25) is 0 Å². The van der Waals surface area contributed by atoms with E-state index >= 15 is 0 Å². The molecule has 158 valence electrons. The molecular formula is C25H34O4. The Morgan fingerprint density at radius 2 is 1.93 bits per heavy atom. The van der Waals surface area contributed by atoms with Gasteiger partial charge in [-0.1, -0.05) is 30.2 Å². The van der Waals surface area contributed by atoms with Crippen molar-refractivity contribution < 1.29 is 19.1 Å². The number of aryl methyl sites for hydroxylation is 1. The predicted molar refractivity (Wildman–Crippen MR) is 116 cm³/mol. The minimum absolute atomic E-state index is 0.270. The van der Waals surface area contributed by atoms with Crippen LogP contribution in [0.1, 0.15) is 64.9 Å². The first kappa shape index (κ1) is 23.0. The van der Waals surface area contributed by atoms with Crippen LogP contribution in [0.15, 0.2) is 69.8 Å². The van der Waals surface area contributed by atoms with Crippen molar-refractivity contribution in [3.05, 3.63) is 70.9 Å². The van der Waals surface area contributed by atoms with Gasteiger partial charge in [0.1, 0.15) is 5.76 Å². The first-order chi connectivity index (χ1) is 14.0. The lowest BCUT2D eigenvalue weighted by Gasteiger charge is -2.08. The zero-order chi connectivity index (χ0) is 21.1. The molecule has 1 unspecified atom stereocenters. The topological polar surface area (TPSA) is 59.7 Å². The lowest BCUT2D eigenvalue weighted by molar-refractivity contribution is -0.133. The zero-order valence-corrected chi connectivity index (χ0v) is 17.9. The number of cyclic esters (lactones) is 1. The summed E-state index contributed by atoms with van der Waals surface area (Å²) in [5, 5.41) is 9.07. The van der Waals surface area contributed by atoms with Crippen LogP contribution in [0.3, 0.4) is 0 Å². The van der Waals surface area contributed by atoms with Gasteiger partial charge >= 0.3 is 5.97 Å². The van der Waals surface area contributed by atoms with Gasteiger partial charge < -0.3 is 14.3 Å². The molecule has 1 aliphatic rings. The van der Waals surface area contributed by atoms with Crippen molar-refractivity contribution in [2.75, 3.05) is 6.61 Å². The van der Waals surface area contributed by atoms with Crippen molar-refractivity contribution in [3.63, 3.8) is 0 Å². The van der Waals surface area contributed by atoms with Crippen LogP contribution < -0.4 is 0 Å². The number of hydrogen-bond acceptors (Lipinski definition) is 4. The molecule has 0 fully saturated rings. The Morgan fingerprint density at radius 1 is 1.17 bits per heavy atom. The summed E-state index contributed by atoms with van der Waals surface area (Å²) < 4.78 is 10.2. The quantitative estimate of drug-likeness (QED) is 0.344. The predicted octanol–water partition coefficient (Wildman–Crippen LogP) is 6.05. The van der Waals surface area contributed by atoms with Gasteiger partial charge in [-0.3, -0.25) is 0 Å². The van der Waals surface area contributed by atoms with E-state index in [1.54, 1.807) is 12.3 Å². The van der Waals surface area contributed by atoms with Crippen LogP contribution in [0.25, 0.3) is 0 Å². The fourth-order valence-corrected chi connectivity index (χ4v) is 3.36. The number of hydrogen-bond donors (Lipinski definition) is 1. The number of aliphatic hydroxyl groups is 1. The number of furan rings is 1. The smallest absolute Gasteiger partial charge is 0.341 e. The van der Waals surface area contributed by atoms with E-state index in [0.717, 1.165) is 44.9 Å². The van der Waals surface area contributed by atoms with Gasteiger partial charge in [-0.15, -0.1) is 0 Å². The van der Waals surface area contributed by atoms with Crippen LogP contribution in [0.5, 0.6) is 0 Å². The number of ether oxygens (including phenoxy) is 1. The van der Waals surface area contributed by atoms with Gasteiger partial charge in [0.25, 0.3) is 0 Å². The van der Waals surface area contributed by atoms with Crippen LogP contribution in [0, 0.1) is 5.92 Å². The van der Waals surface area contributed by atoms with Crippen molar-refractivity contribution in [1.29, 1.82) is 0 Å². The Morgan fingerprint density at radius 3 is 2.62 bits per heavy atom. The van der Waals surface area contributed by atoms with Crippen molar-refractivity contribution in [3.8, 4) is 0 Å². The summed E-state index contributed by atoms with van der Waals surface area (Å²) in [4.78, 5) is 11.5. The van der Waals surface area contributed by atoms with E-state index in [2.05, 4.69) is 32.9 Å². The fraction of sp³-hybridized carbons (Fsp3) is 0.480. The second-order valence-corrected chi connectivity index (χ2v) is 7.97. The molecule has 0 aromatic carbocycles. The third-order valence-electron chi connectivity index (χ3n) is 5.18. The highest BCUT2D eigenvalue weighted by molar-refractivity contribution is 5.92. The van der Waals surface area contributed by atoms with E-state index in [4.69, 9.17) is 14.3 Å². The maximum Gasteiger partial charge on any atom is 0.341 e. The summed E-state index contributed by atoms with van der Waals surface area (Å²) in [5.74, 6) is 0.463. The molecule has 1 atom stereocenters. The first-order valence-corrected chi connectivity index (χ1v) is 10.6. The molecule has 0 saturated heterocycles. The van der Waals surface area contributed by atoms with Crippen LogP contribution in [0.4, 0.5) is 0 Å². The minimum atomic E-state index is -0.435. The van der Waals surface area contributed by atoms with E-state index in [1.807, 2.05) is 18.4 Å². The summed E-state index contributed by atoms with van der Waals surface area (Å²) in [7, 11) is 0. The summed E-state index contributed by atoms with van der Waals surface area (Å²) in [6.45, 7) is 6.27. The van der Waals surface area contributed by atoms with Gasteiger partial charge in [0.05, 0.1) is 24.7 Å². The van der Waals surface area contributed by atoms with Crippen LogP contribution in [-0.2, 0) is 16.0 Å². The number of esters is 1. The molecule has 1 N–H and O–H groups in total. The average molecular weight is 399 g/mol. The molecule has 1 aliphatic heterocycles. The highest BCUT2D eigenvalue weighted by Gasteiger charge is 2.20. The maximum absolute atomic E-state index is 11.5. The van der Waals surface area contributed by atoms with Crippen LogP contribution in [0.2, 0.25) is 0 Å². The third kappa shape index (κ3) is 8.70. The Labute approximate surface area is 174 Å². The van der Waals surface area contributed by atoms with Gasteiger partial charge in [0, 0.05) is 0 Å². The van der Waals surface area contributed by atoms with Crippen molar-refractivity contribution in [2.45, 2.75) is 65.7 Å². The number of allylic oxidation sites excluding steroid dienone is 6. The SMILES string of the molecule is C/C(=C\CCc1ccoc1)CC/C=C(\C)CCCC(C)/C=C1/C=C(CO)C(=O)O1. The Hall–Kier alpha value is -2.33. The highest BCUT2D eigenvalue weighted by Crippen LogP contribution is 2.21. The summed E-state index contributed by atoms with van der Waals surface area (Å²) >= 11 is 0. The van der Waals surface area contributed by atoms with Crippen molar-refractivity contribution in [2.24, 2.45) is 5.92 Å². The molecule has 0 aliphatic carbocycles. The molecule has 0 spiro atoms. The molecular weight excluding hydrogens is 364 g/mol. The van der Waals surface area contributed by atoms with Gasteiger partial charge in [-0.05, 0) is 88.5 Å². The molecule has 29 heavy (non-hydrogen) atoms. The zero-order valence-electron chi connectivity index (χ0n) is 17.9. The number of rotatable bonds is 12. The van der Waals surface area contributed by atoms with Crippen molar-refractivity contribution >= 4 is 5.97 Å². The Bertz CT molecular complexity index is 763. The largest absolute Gasteiger partial charge is 0.472 e. The molecule has 0 radical (unpaired) electrons. The lowest BCUT2D eigenvalue weighted by Crippen LogP contribution is -2.02. The number of aliphatic hydroxyl groups excluding tert-OH is 1. The monoisotopic (exact) mass is 398 g/mol. The highest BCUT2D eigenvalue weighted by atomic mass is 16.5. The number of carbonyl (C=O) groups excluding carboxylic acids is 1. The second-order valence-electron chi connectivity index (χ2n) is 7.97. The summed E-state index contributed by atoms with van der Waals surface area (Å²) in [6, 6.07) is 2.02. The maximum atomic E-state index is 11.5. The van der Waals surface area contributed by atoms with Gasteiger partial charge in [-0.2, -0.15) is 0 Å². The molecule has 1 aromatic heterocycles. The molecule has 4 heteroatoms. The molecule has 0 saturated carbocycles. The van der Waals surface area contributed by atoms with Crippen LogP contribution >= 0.6 is 0 Å². The first-order valence-electron chi connectivity index (χ1n) is 10.6. The van der Waals surface area contributed by atoms with Gasteiger partial charge in [-0.25, -0.2) is 4.79 Å². The molecule has 0 bridgehead atoms. The van der Waals surface area contributed by atoms with E-state index in [9.17, 15) is 4.79 Å². The van der Waals surface area contributed by atoms with Crippen molar-refractivity contribution in [1.82, 2.24) is 0 Å². The van der Waals surface area contributed by atoms with Crippen LogP contribution in [-0.4, -0.2) is 17.7 Å². The summed E-state index contributed by atoms with van der Waals surface area (Å²) in [6.07, 6.45) is 19.4. The van der Waals surface area contributed by atoms with E-state index in [0.29, 0.717) is 17.3 Å². The van der Waals surface area contributed by atoms with E-state index in [1.165, 1.54) is 16.7 Å². The third-order valence-corrected chi connectivity index (χ3v) is 5.18. The Kier molecular flexibility index (Phi) is 9.72. The van der Waals surface area contributed by atoms with E-state index < -0.39 is 5.97 Å². The van der Waals surface area contributed by atoms with Gasteiger partial charge in [0.15, 0.2) is 0 Å². The molecule has 1 aromatic rings. The molecule has 0 amide bonds. The normalized spacial score (nSPS) is 17.6. The Balaban J connectivity index is 1.62.